The van der Waals surface area contributed by atoms with Gasteiger partial charge in [-0.15, -0.1) is 0 Å². The fourth-order valence-corrected chi connectivity index (χ4v) is 8.56. The summed E-state index contributed by atoms with van der Waals surface area (Å²) in [6.07, 6.45) is -0.457. The van der Waals surface area contributed by atoms with Gasteiger partial charge in [-0.2, -0.15) is 95.8 Å². The Balaban J connectivity index is 3.24. The lowest BCUT2D eigenvalue weighted by molar-refractivity contribution is 0.0960. The lowest BCUT2D eigenvalue weighted by atomic mass is 10.5. The number of hydrogen-bond donors (Lipinski definition) is 6. The van der Waals surface area contributed by atoms with Crippen LogP contribution < -0.4 is 0 Å². The maximum atomic E-state index is 10.1. The topological polar surface area (TPSA) is 118 Å². The van der Waals surface area contributed by atoms with Gasteiger partial charge in [0.25, 0.3) is 0 Å². The van der Waals surface area contributed by atoms with Crippen molar-refractivity contribution in [2.75, 3.05) is 133 Å². The summed E-state index contributed by atoms with van der Waals surface area (Å²) in [7, 11) is 0. The fourth-order valence-electron chi connectivity index (χ4n) is 2.90. The fraction of sp³-hybridized carbons (Fsp3) is 1.00. The molecule has 0 saturated heterocycles. The van der Waals surface area contributed by atoms with Crippen molar-refractivity contribution in [1.29, 1.82) is 0 Å². The molecule has 0 aliphatic rings. The van der Waals surface area contributed by atoms with Crippen molar-refractivity contribution in [3.05, 3.63) is 0 Å². The summed E-state index contributed by atoms with van der Waals surface area (Å²) in [6, 6.07) is 0. The van der Waals surface area contributed by atoms with E-state index in [0.29, 0.717) is 98.9 Å². The molecule has 4 N–H and O–H groups in total. The average Bonchev–Trinajstić information content (AvgIpc) is 3.01. The molecule has 0 aliphatic heterocycles. The first-order valence-electron chi connectivity index (χ1n) is 14.7. The first-order chi connectivity index (χ1) is 21.0. The average molecular weight is 765 g/mol. The van der Waals surface area contributed by atoms with Crippen LogP contribution in [0.3, 0.4) is 0 Å². The third-order valence-electron chi connectivity index (χ3n) is 5.09. The summed E-state index contributed by atoms with van der Waals surface area (Å²) >= 11 is 18.3. The molecule has 0 amide bonds. The SMILES string of the molecule is OC(CS)CSCCOCCSCC(O)CSCCOCCCOCCSCC(O)CSCCOCCSCC(O)CS. The van der Waals surface area contributed by atoms with Crippen LogP contribution in [-0.4, -0.2) is 178 Å². The predicted molar refractivity (Wildman–Crippen MR) is 204 cm³/mol. The summed E-state index contributed by atoms with van der Waals surface area (Å²) in [5.41, 5.74) is 0. The van der Waals surface area contributed by atoms with Crippen LogP contribution in [0, 0.1) is 0 Å². The maximum Gasteiger partial charge on any atom is 0.0720 e. The molecule has 0 aromatic carbocycles. The Labute approximate surface area is 297 Å². The molecule has 4 atom stereocenters. The molecule has 16 heteroatoms. The largest absolute Gasteiger partial charge is 0.391 e. The summed E-state index contributed by atoms with van der Waals surface area (Å²) in [5, 5.41) is 39.0. The van der Waals surface area contributed by atoms with E-state index >= 15 is 0 Å². The van der Waals surface area contributed by atoms with Crippen molar-refractivity contribution >= 4 is 95.8 Å². The highest BCUT2D eigenvalue weighted by atomic mass is 32.2. The van der Waals surface area contributed by atoms with E-state index in [4.69, 9.17) is 18.9 Å². The van der Waals surface area contributed by atoms with Gasteiger partial charge in [-0.25, -0.2) is 0 Å². The van der Waals surface area contributed by atoms with Crippen LogP contribution in [0.15, 0.2) is 0 Å². The summed E-state index contributed by atoms with van der Waals surface area (Å²) in [4.78, 5) is 0. The van der Waals surface area contributed by atoms with Crippen LogP contribution in [0.2, 0.25) is 0 Å². The van der Waals surface area contributed by atoms with Crippen LogP contribution in [-0.2, 0) is 18.9 Å². The summed E-state index contributed by atoms with van der Waals surface area (Å²) in [5.74, 6) is 10.5. The number of ether oxygens (including phenoxy) is 4. The van der Waals surface area contributed by atoms with Crippen LogP contribution in [0.1, 0.15) is 6.42 Å². The minimum atomic E-state index is -0.345. The molecule has 0 bridgehead atoms. The first-order valence-corrected chi connectivity index (χ1v) is 22.9. The molecule has 4 unspecified atom stereocenters. The van der Waals surface area contributed by atoms with Crippen molar-refractivity contribution < 1.29 is 39.4 Å². The molecule has 0 aromatic rings. The highest BCUT2D eigenvalue weighted by molar-refractivity contribution is 8.00. The van der Waals surface area contributed by atoms with Gasteiger partial charge in [0.2, 0.25) is 0 Å². The highest BCUT2D eigenvalue weighted by Gasteiger charge is 2.06. The minimum Gasteiger partial charge on any atom is -0.391 e. The predicted octanol–water partition coefficient (Wildman–Crippen LogP) is 3.15. The maximum absolute atomic E-state index is 10.1. The second-order valence-electron chi connectivity index (χ2n) is 9.23. The van der Waals surface area contributed by atoms with E-state index in [9.17, 15) is 20.4 Å². The van der Waals surface area contributed by atoms with Gasteiger partial charge in [-0.1, -0.05) is 0 Å². The Kier molecular flexibility index (Phi) is 39.5. The Bertz CT molecular complexity index is 507. The molecular formula is C27H56O8S8. The first kappa shape index (κ1) is 45.5. The van der Waals surface area contributed by atoms with Crippen LogP contribution in [0.5, 0.6) is 0 Å². The molecule has 0 fully saturated rings. The molecule has 0 radical (unpaired) electrons. The summed E-state index contributed by atoms with van der Waals surface area (Å²) < 4.78 is 22.5. The summed E-state index contributed by atoms with van der Waals surface area (Å²) in [6.45, 7) is 5.45. The van der Waals surface area contributed by atoms with Gasteiger partial charge in [0.05, 0.1) is 64.1 Å². The van der Waals surface area contributed by atoms with Gasteiger partial charge < -0.3 is 39.4 Å². The second kappa shape index (κ2) is 37.3. The zero-order chi connectivity index (χ0) is 31.6. The third kappa shape index (κ3) is 37.2. The van der Waals surface area contributed by atoms with E-state index in [-0.39, 0.29) is 24.4 Å². The van der Waals surface area contributed by atoms with Crippen molar-refractivity contribution in [2.24, 2.45) is 0 Å². The van der Waals surface area contributed by atoms with Gasteiger partial charge in [0.1, 0.15) is 0 Å². The Morgan fingerprint density at radius 3 is 0.860 bits per heavy atom. The molecule has 0 rings (SSSR count). The van der Waals surface area contributed by atoms with Gasteiger partial charge >= 0.3 is 0 Å². The Morgan fingerprint density at radius 1 is 0.372 bits per heavy atom. The van der Waals surface area contributed by atoms with E-state index in [1.807, 2.05) is 0 Å². The molecule has 8 nitrogen and oxygen atoms in total. The van der Waals surface area contributed by atoms with Crippen molar-refractivity contribution in [3.63, 3.8) is 0 Å². The highest BCUT2D eigenvalue weighted by Crippen LogP contribution is 2.11. The second-order valence-corrected chi connectivity index (χ2v) is 16.9. The number of rotatable bonds is 36. The molecular weight excluding hydrogens is 709 g/mol. The molecule has 0 saturated carbocycles. The van der Waals surface area contributed by atoms with Crippen molar-refractivity contribution in [2.45, 2.75) is 30.8 Å². The lowest BCUT2D eigenvalue weighted by Crippen LogP contribution is -2.16. The van der Waals surface area contributed by atoms with Crippen LogP contribution in [0.25, 0.3) is 0 Å². The molecule has 43 heavy (non-hydrogen) atoms. The molecule has 0 aromatic heterocycles. The van der Waals surface area contributed by atoms with E-state index in [1.165, 1.54) is 0 Å². The van der Waals surface area contributed by atoms with Crippen LogP contribution >= 0.6 is 95.8 Å². The van der Waals surface area contributed by atoms with E-state index in [2.05, 4.69) is 25.3 Å². The number of thioether (sulfide) groups is 6. The van der Waals surface area contributed by atoms with E-state index in [0.717, 1.165) is 40.9 Å². The van der Waals surface area contributed by atoms with Gasteiger partial charge in [-0.05, 0) is 6.42 Å². The number of thiol groups is 2. The van der Waals surface area contributed by atoms with E-state index in [1.54, 1.807) is 70.6 Å². The minimum absolute atomic E-state index is 0.316. The molecule has 260 valence electrons. The molecule has 0 spiro atoms. The standard InChI is InChI=1S/C27H56O8S8/c28-24(16-36)18-38-12-6-34-8-14-42-22-26(30)20-40-10-4-32-2-1-3-33-5-11-41-21-27(31)23-43-15-9-35-7-13-39-19-25(29)17-37/h24-31,36-37H,1-23H2. The zero-order valence-corrected chi connectivity index (χ0v) is 32.0. The zero-order valence-electron chi connectivity index (χ0n) is 25.3. The normalized spacial score (nSPS) is 14.7. The Hall–Kier alpha value is 2.48. The third-order valence-corrected chi connectivity index (χ3v) is 12.4. The quantitative estimate of drug-likeness (QED) is 0.0415. The van der Waals surface area contributed by atoms with Crippen molar-refractivity contribution in [3.8, 4) is 0 Å². The van der Waals surface area contributed by atoms with Crippen molar-refractivity contribution in [1.82, 2.24) is 0 Å². The van der Waals surface area contributed by atoms with Gasteiger partial charge in [0, 0.05) is 93.8 Å². The number of aliphatic hydroxyl groups is 4. The number of hydrogen-bond acceptors (Lipinski definition) is 16. The smallest absolute Gasteiger partial charge is 0.0720 e. The van der Waals surface area contributed by atoms with Gasteiger partial charge in [-0.3, -0.25) is 0 Å². The lowest BCUT2D eigenvalue weighted by Gasteiger charge is -2.11. The van der Waals surface area contributed by atoms with E-state index < -0.39 is 0 Å². The monoisotopic (exact) mass is 764 g/mol. The van der Waals surface area contributed by atoms with Gasteiger partial charge in [0.15, 0.2) is 0 Å². The molecule has 0 heterocycles. The number of aliphatic hydroxyl groups excluding tert-OH is 4. The Morgan fingerprint density at radius 2 is 0.605 bits per heavy atom. The van der Waals surface area contributed by atoms with Crippen LogP contribution in [0.4, 0.5) is 0 Å². The molecule has 0 aliphatic carbocycles.